The van der Waals surface area contributed by atoms with Crippen LogP contribution >= 0.6 is 0 Å². The van der Waals surface area contributed by atoms with E-state index in [1.807, 2.05) is 19.1 Å². The van der Waals surface area contributed by atoms with Crippen molar-refractivity contribution in [3.8, 4) is 0 Å². The Morgan fingerprint density at radius 2 is 1.81 bits per heavy atom. The van der Waals surface area contributed by atoms with Gasteiger partial charge in [-0.05, 0) is 37.3 Å². The molecular weight excluding hydrogens is 267 g/mol. The minimum atomic E-state index is -0.292. The maximum atomic E-state index is 13.6. The van der Waals surface area contributed by atoms with E-state index in [9.17, 15) is 9.18 Å². The molecular formula is C17H19FN2O. The number of halogens is 1. The number of carbonyl (C=O) groups excluding carboxylic acids is 1. The lowest BCUT2D eigenvalue weighted by atomic mass is 10.1. The molecule has 110 valence electrons. The molecule has 2 aromatic rings. The van der Waals surface area contributed by atoms with Crippen molar-refractivity contribution in [2.45, 2.75) is 13.5 Å². The zero-order valence-electron chi connectivity index (χ0n) is 12.3. The van der Waals surface area contributed by atoms with Gasteiger partial charge in [-0.2, -0.15) is 0 Å². The number of carbonyl (C=O) groups is 1. The van der Waals surface area contributed by atoms with Gasteiger partial charge >= 0.3 is 0 Å². The van der Waals surface area contributed by atoms with E-state index in [-0.39, 0.29) is 18.3 Å². The molecule has 0 unspecified atom stereocenters. The van der Waals surface area contributed by atoms with E-state index < -0.39 is 0 Å². The van der Waals surface area contributed by atoms with Crippen LogP contribution in [-0.2, 0) is 6.54 Å². The summed E-state index contributed by atoms with van der Waals surface area (Å²) in [5.74, 6) is -0.416. The molecule has 1 amide bonds. The van der Waals surface area contributed by atoms with Crippen molar-refractivity contribution in [2.75, 3.05) is 18.9 Å². The lowest BCUT2D eigenvalue weighted by Crippen LogP contribution is -2.26. The summed E-state index contributed by atoms with van der Waals surface area (Å²) in [6, 6.07) is 13.8. The summed E-state index contributed by atoms with van der Waals surface area (Å²) in [6.07, 6.45) is 0. The van der Waals surface area contributed by atoms with E-state index in [0.29, 0.717) is 11.1 Å². The number of nitrogens with zero attached hydrogens (tertiary/aromatic N) is 1. The van der Waals surface area contributed by atoms with Crippen LogP contribution in [0.25, 0.3) is 0 Å². The number of rotatable bonds is 5. The molecule has 0 aliphatic carbocycles. The Bertz CT molecular complexity index is 610. The van der Waals surface area contributed by atoms with Gasteiger partial charge in [0.1, 0.15) is 5.82 Å². The first kappa shape index (κ1) is 15.0. The summed E-state index contributed by atoms with van der Waals surface area (Å²) in [5.41, 5.74) is 2.08. The zero-order chi connectivity index (χ0) is 15.2. The molecule has 4 heteroatoms. The van der Waals surface area contributed by atoms with Crippen LogP contribution in [0.15, 0.2) is 48.5 Å². The Morgan fingerprint density at radius 1 is 1.14 bits per heavy atom. The van der Waals surface area contributed by atoms with E-state index in [1.165, 1.54) is 11.0 Å². The predicted octanol–water partition coefficient (Wildman–Crippen LogP) is 3.53. The van der Waals surface area contributed by atoms with Crippen LogP contribution < -0.4 is 5.32 Å². The molecule has 0 fully saturated rings. The molecule has 2 rings (SSSR count). The molecule has 0 aliphatic heterocycles. The van der Waals surface area contributed by atoms with Gasteiger partial charge in [0.05, 0.1) is 0 Å². The third-order valence-corrected chi connectivity index (χ3v) is 3.22. The van der Waals surface area contributed by atoms with Gasteiger partial charge in [0.15, 0.2) is 0 Å². The van der Waals surface area contributed by atoms with Crippen LogP contribution in [0.2, 0.25) is 0 Å². The zero-order valence-corrected chi connectivity index (χ0v) is 12.3. The molecule has 0 spiro atoms. The number of amides is 1. The first-order valence-electron chi connectivity index (χ1n) is 6.94. The standard InChI is InChI=1S/C17H19FN2O/c1-3-19-15-10-8-13(9-11-15)17(21)20(2)12-14-6-4-5-7-16(14)18/h4-11,19H,3,12H2,1-2H3. The predicted molar refractivity (Wildman–Crippen MR) is 82.8 cm³/mol. The normalized spacial score (nSPS) is 10.2. The van der Waals surface area contributed by atoms with Crippen molar-refractivity contribution in [1.29, 1.82) is 0 Å². The lowest BCUT2D eigenvalue weighted by Gasteiger charge is -2.18. The highest BCUT2D eigenvalue weighted by molar-refractivity contribution is 5.94. The first-order chi connectivity index (χ1) is 10.1. The summed E-state index contributed by atoms with van der Waals surface area (Å²) in [7, 11) is 1.67. The second-order valence-electron chi connectivity index (χ2n) is 4.86. The van der Waals surface area contributed by atoms with Crippen LogP contribution in [0.1, 0.15) is 22.8 Å². The maximum absolute atomic E-state index is 13.6. The van der Waals surface area contributed by atoms with E-state index in [1.54, 1.807) is 37.4 Å². The molecule has 0 saturated carbocycles. The Balaban J connectivity index is 2.07. The fourth-order valence-corrected chi connectivity index (χ4v) is 2.11. The monoisotopic (exact) mass is 286 g/mol. The summed E-state index contributed by atoms with van der Waals surface area (Å²) in [6.45, 7) is 3.10. The van der Waals surface area contributed by atoms with E-state index >= 15 is 0 Å². The average Bonchev–Trinajstić information content (AvgIpc) is 2.50. The number of benzene rings is 2. The van der Waals surface area contributed by atoms with Crippen molar-refractivity contribution in [3.63, 3.8) is 0 Å². The van der Waals surface area contributed by atoms with Gasteiger partial charge in [-0.15, -0.1) is 0 Å². The Hall–Kier alpha value is -2.36. The average molecular weight is 286 g/mol. The summed E-state index contributed by atoms with van der Waals surface area (Å²) in [5, 5.41) is 3.18. The van der Waals surface area contributed by atoms with Gasteiger partial charge in [-0.25, -0.2) is 4.39 Å². The number of hydrogen-bond donors (Lipinski definition) is 1. The highest BCUT2D eigenvalue weighted by atomic mass is 19.1. The minimum Gasteiger partial charge on any atom is -0.385 e. The highest BCUT2D eigenvalue weighted by Crippen LogP contribution is 2.14. The quantitative estimate of drug-likeness (QED) is 0.912. The molecule has 21 heavy (non-hydrogen) atoms. The van der Waals surface area contributed by atoms with Gasteiger partial charge in [0.2, 0.25) is 0 Å². The molecule has 0 saturated heterocycles. The van der Waals surface area contributed by atoms with Crippen LogP contribution in [0.3, 0.4) is 0 Å². The van der Waals surface area contributed by atoms with Gasteiger partial charge in [0.25, 0.3) is 5.91 Å². The molecule has 0 aromatic heterocycles. The second kappa shape index (κ2) is 6.88. The topological polar surface area (TPSA) is 32.3 Å². The summed E-state index contributed by atoms with van der Waals surface area (Å²) >= 11 is 0. The van der Waals surface area contributed by atoms with E-state index in [4.69, 9.17) is 0 Å². The summed E-state index contributed by atoms with van der Waals surface area (Å²) in [4.78, 5) is 13.8. The van der Waals surface area contributed by atoms with Gasteiger partial charge in [-0.3, -0.25) is 4.79 Å². The van der Waals surface area contributed by atoms with Crippen molar-refractivity contribution < 1.29 is 9.18 Å². The van der Waals surface area contributed by atoms with Crippen molar-refractivity contribution in [2.24, 2.45) is 0 Å². The number of anilines is 1. The molecule has 0 bridgehead atoms. The largest absolute Gasteiger partial charge is 0.385 e. The molecule has 0 heterocycles. The molecule has 0 aliphatic rings. The van der Waals surface area contributed by atoms with Gasteiger partial charge in [0, 0.05) is 37.0 Å². The molecule has 0 atom stereocenters. The van der Waals surface area contributed by atoms with Crippen molar-refractivity contribution in [1.82, 2.24) is 4.90 Å². The third kappa shape index (κ3) is 3.81. The number of hydrogen-bond acceptors (Lipinski definition) is 2. The van der Waals surface area contributed by atoms with E-state index in [0.717, 1.165) is 12.2 Å². The smallest absolute Gasteiger partial charge is 0.253 e. The number of nitrogens with one attached hydrogen (secondary N) is 1. The summed E-state index contributed by atoms with van der Waals surface area (Å²) < 4.78 is 13.6. The van der Waals surface area contributed by atoms with Crippen molar-refractivity contribution in [3.05, 3.63) is 65.5 Å². The molecule has 3 nitrogen and oxygen atoms in total. The Morgan fingerprint density at radius 3 is 2.43 bits per heavy atom. The van der Waals surface area contributed by atoms with Crippen molar-refractivity contribution >= 4 is 11.6 Å². The van der Waals surface area contributed by atoms with Crippen LogP contribution in [0.4, 0.5) is 10.1 Å². The van der Waals surface area contributed by atoms with Crippen LogP contribution in [0, 0.1) is 5.82 Å². The maximum Gasteiger partial charge on any atom is 0.253 e. The third-order valence-electron chi connectivity index (χ3n) is 3.22. The van der Waals surface area contributed by atoms with E-state index in [2.05, 4.69) is 5.32 Å². The van der Waals surface area contributed by atoms with Crippen LogP contribution in [-0.4, -0.2) is 24.4 Å². The fourth-order valence-electron chi connectivity index (χ4n) is 2.11. The van der Waals surface area contributed by atoms with Crippen LogP contribution in [0.5, 0.6) is 0 Å². The Kier molecular flexibility index (Phi) is 4.93. The second-order valence-corrected chi connectivity index (χ2v) is 4.86. The fraction of sp³-hybridized carbons (Fsp3) is 0.235. The Labute approximate surface area is 124 Å². The highest BCUT2D eigenvalue weighted by Gasteiger charge is 2.13. The first-order valence-corrected chi connectivity index (χ1v) is 6.94. The van der Waals surface area contributed by atoms with Gasteiger partial charge < -0.3 is 10.2 Å². The molecule has 1 N–H and O–H groups in total. The van der Waals surface area contributed by atoms with Gasteiger partial charge in [-0.1, -0.05) is 18.2 Å². The SMILES string of the molecule is CCNc1ccc(C(=O)N(C)Cc2ccccc2F)cc1. The molecule has 0 radical (unpaired) electrons. The lowest BCUT2D eigenvalue weighted by molar-refractivity contribution is 0.0784. The minimum absolute atomic E-state index is 0.124. The molecule has 2 aromatic carbocycles.